The van der Waals surface area contributed by atoms with Crippen molar-refractivity contribution in [2.45, 2.75) is 38.8 Å². The fraction of sp³-hybridized carbons (Fsp3) is 0.467. The molecule has 1 aromatic carbocycles. The zero-order valence-electron chi connectivity index (χ0n) is 12.1. The molecule has 0 radical (unpaired) electrons. The lowest BCUT2D eigenvalue weighted by Crippen LogP contribution is -2.34. The molecule has 1 N–H and O–H groups in total. The first-order valence-corrected chi connectivity index (χ1v) is 6.51. The van der Waals surface area contributed by atoms with E-state index < -0.39 is 11.7 Å². The fourth-order valence-electron chi connectivity index (χ4n) is 2.19. The number of methoxy groups -OCH3 is 1. The van der Waals surface area contributed by atoms with E-state index in [9.17, 15) is 9.59 Å². The average molecular weight is 277 g/mol. The molecule has 1 amide bonds. The Hall–Kier alpha value is -2.04. The summed E-state index contributed by atoms with van der Waals surface area (Å²) in [6, 6.07) is 4.95. The van der Waals surface area contributed by atoms with Gasteiger partial charge in [0.05, 0.1) is 13.2 Å². The summed E-state index contributed by atoms with van der Waals surface area (Å²) in [5.74, 6) is 0.634. The summed E-state index contributed by atoms with van der Waals surface area (Å²) in [5, 5.41) is 2.74. The third kappa shape index (κ3) is 3.10. The van der Waals surface area contributed by atoms with Crippen LogP contribution >= 0.6 is 0 Å². The van der Waals surface area contributed by atoms with Crippen molar-refractivity contribution in [3.8, 4) is 5.75 Å². The number of ether oxygens (including phenoxy) is 2. The van der Waals surface area contributed by atoms with Crippen molar-refractivity contribution < 1.29 is 19.1 Å². The van der Waals surface area contributed by atoms with Crippen molar-refractivity contribution in [3.63, 3.8) is 0 Å². The second-order valence-electron chi connectivity index (χ2n) is 5.78. The molecule has 1 aliphatic carbocycles. The van der Waals surface area contributed by atoms with Crippen LogP contribution in [0.4, 0.5) is 4.79 Å². The third-order valence-electron chi connectivity index (χ3n) is 3.02. The van der Waals surface area contributed by atoms with Gasteiger partial charge in [0.15, 0.2) is 5.78 Å². The number of rotatable bonds is 2. The summed E-state index contributed by atoms with van der Waals surface area (Å²) in [4.78, 5) is 23.7. The number of nitrogens with one attached hydrogen (secondary N) is 1. The molecule has 1 unspecified atom stereocenters. The number of carbonyl (C=O) groups is 2. The molecule has 0 fully saturated rings. The number of alkyl carbamates (subject to hydrolysis) is 1. The Labute approximate surface area is 118 Å². The summed E-state index contributed by atoms with van der Waals surface area (Å²) >= 11 is 0. The molecule has 1 atom stereocenters. The predicted molar refractivity (Wildman–Crippen MR) is 74.1 cm³/mol. The molecule has 1 aromatic rings. The number of amides is 1. The summed E-state index contributed by atoms with van der Waals surface area (Å²) < 4.78 is 10.3. The molecular weight excluding hydrogens is 258 g/mol. The van der Waals surface area contributed by atoms with E-state index >= 15 is 0 Å². The van der Waals surface area contributed by atoms with Gasteiger partial charge < -0.3 is 14.8 Å². The van der Waals surface area contributed by atoms with E-state index in [-0.39, 0.29) is 18.2 Å². The number of fused-ring (bicyclic) bond motifs is 1. The predicted octanol–water partition coefficient (Wildman–Crippen LogP) is 2.85. The Bertz CT molecular complexity index is 545. The Morgan fingerprint density at radius 3 is 2.65 bits per heavy atom. The van der Waals surface area contributed by atoms with Crippen LogP contribution in [0.25, 0.3) is 0 Å². The van der Waals surface area contributed by atoms with Crippen LogP contribution in [0.1, 0.15) is 49.2 Å². The van der Waals surface area contributed by atoms with Crippen LogP contribution < -0.4 is 10.1 Å². The highest BCUT2D eigenvalue weighted by Crippen LogP contribution is 2.33. The number of carbonyl (C=O) groups excluding carboxylic acids is 2. The maximum Gasteiger partial charge on any atom is 0.408 e. The van der Waals surface area contributed by atoms with Gasteiger partial charge in [-0.2, -0.15) is 0 Å². The number of hydrogen-bond acceptors (Lipinski definition) is 4. The lowest BCUT2D eigenvalue weighted by atomic mass is 10.1. The maximum absolute atomic E-state index is 12.0. The van der Waals surface area contributed by atoms with Crippen LogP contribution in [-0.4, -0.2) is 24.6 Å². The van der Waals surface area contributed by atoms with Gasteiger partial charge in [0.2, 0.25) is 0 Å². The molecule has 0 bridgehead atoms. The van der Waals surface area contributed by atoms with Crippen LogP contribution in [0.3, 0.4) is 0 Å². The quantitative estimate of drug-likeness (QED) is 0.902. The van der Waals surface area contributed by atoms with E-state index in [1.165, 1.54) is 0 Å². The average Bonchev–Trinajstić information content (AvgIpc) is 2.63. The van der Waals surface area contributed by atoms with Gasteiger partial charge >= 0.3 is 6.09 Å². The molecule has 5 nitrogen and oxygen atoms in total. The zero-order valence-corrected chi connectivity index (χ0v) is 12.1. The smallest absolute Gasteiger partial charge is 0.408 e. The lowest BCUT2D eigenvalue weighted by Gasteiger charge is -2.21. The molecule has 108 valence electrons. The first-order chi connectivity index (χ1) is 9.30. The minimum atomic E-state index is -0.560. The molecule has 0 heterocycles. The normalized spacial score (nSPS) is 17.6. The molecule has 0 aromatic heterocycles. The topological polar surface area (TPSA) is 64.6 Å². The van der Waals surface area contributed by atoms with Gasteiger partial charge in [-0.25, -0.2) is 4.79 Å². The van der Waals surface area contributed by atoms with Crippen molar-refractivity contribution in [3.05, 3.63) is 29.3 Å². The van der Waals surface area contributed by atoms with Gasteiger partial charge in [-0.15, -0.1) is 0 Å². The summed E-state index contributed by atoms with van der Waals surface area (Å²) in [6.45, 7) is 5.39. The van der Waals surface area contributed by atoms with Gasteiger partial charge in [-0.05, 0) is 38.5 Å². The number of benzene rings is 1. The third-order valence-corrected chi connectivity index (χ3v) is 3.02. The molecule has 0 saturated heterocycles. The van der Waals surface area contributed by atoms with Gasteiger partial charge in [-0.1, -0.05) is 6.07 Å². The second kappa shape index (κ2) is 5.15. The molecular formula is C15H19NO4. The number of hydrogen-bond donors (Lipinski definition) is 1. The summed E-state index contributed by atoms with van der Waals surface area (Å²) in [7, 11) is 1.55. The first-order valence-electron chi connectivity index (χ1n) is 6.51. The largest absolute Gasteiger partial charge is 0.497 e. The van der Waals surface area contributed by atoms with Crippen LogP contribution in [0, 0.1) is 0 Å². The molecule has 0 spiro atoms. The van der Waals surface area contributed by atoms with E-state index in [4.69, 9.17) is 9.47 Å². The first kappa shape index (κ1) is 14.4. The van der Waals surface area contributed by atoms with Gasteiger partial charge in [0, 0.05) is 12.0 Å². The van der Waals surface area contributed by atoms with E-state index in [1.54, 1.807) is 46.1 Å². The fourth-order valence-corrected chi connectivity index (χ4v) is 2.19. The van der Waals surface area contributed by atoms with Crippen LogP contribution in [0.5, 0.6) is 5.75 Å². The molecule has 0 saturated carbocycles. The molecule has 0 aliphatic heterocycles. The van der Waals surface area contributed by atoms with Crippen LogP contribution in [-0.2, 0) is 4.74 Å². The Balaban J connectivity index is 2.14. The molecule has 5 heteroatoms. The lowest BCUT2D eigenvalue weighted by molar-refractivity contribution is 0.0504. The van der Waals surface area contributed by atoms with Crippen LogP contribution in [0.15, 0.2) is 18.2 Å². The number of ketones is 1. The maximum atomic E-state index is 12.0. The van der Waals surface area contributed by atoms with Gasteiger partial charge in [-0.3, -0.25) is 4.79 Å². The van der Waals surface area contributed by atoms with Crippen molar-refractivity contribution in [2.75, 3.05) is 7.11 Å². The highest BCUT2D eigenvalue weighted by Gasteiger charge is 2.31. The zero-order chi connectivity index (χ0) is 14.9. The van der Waals surface area contributed by atoms with Crippen molar-refractivity contribution in [1.29, 1.82) is 0 Å². The van der Waals surface area contributed by atoms with E-state index in [0.29, 0.717) is 11.3 Å². The minimum Gasteiger partial charge on any atom is -0.497 e. The highest BCUT2D eigenvalue weighted by atomic mass is 16.6. The molecule has 1 aliphatic rings. The van der Waals surface area contributed by atoms with E-state index in [0.717, 1.165) is 5.56 Å². The van der Waals surface area contributed by atoms with Gasteiger partial charge in [0.1, 0.15) is 11.4 Å². The Kier molecular flexibility index (Phi) is 3.70. The standard InChI is InChI=1S/C15H19NO4/c1-15(2,3)20-14(18)16-12-8-13(17)11-7-9(19-4)5-6-10(11)12/h5-7,12H,8H2,1-4H3,(H,16,18). The Morgan fingerprint density at radius 1 is 1.35 bits per heavy atom. The van der Waals surface area contributed by atoms with Crippen molar-refractivity contribution in [1.82, 2.24) is 5.32 Å². The number of Topliss-reactive ketones (excluding diaryl/α,β-unsaturated/α-hetero) is 1. The van der Waals surface area contributed by atoms with Gasteiger partial charge in [0.25, 0.3) is 0 Å². The SMILES string of the molecule is COc1ccc2c(c1)C(=O)CC2NC(=O)OC(C)(C)C. The summed E-state index contributed by atoms with van der Waals surface area (Å²) in [6.07, 6.45) is -0.263. The Morgan fingerprint density at radius 2 is 2.05 bits per heavy atom. The van der Waals surface area contributed by atoms with E-state index in [1.807, 2.05) is 0 Å². The molecule has 20 heavy (non-hydrogen) atoms. The highest BCUT2D eigenvalue weighted by molar-refractivity contribution is 6.02. The monoisotopic (exact) mass is 277 g/mol. The molecule has 2 rings (SSSR count). The second-order valence-corrected chi connectivity index (χ2v) is 5.78. The summed E-state index contributed by atoms with van der Waals surface area (Å²) in [5.41, 5.74) is 0.849. The van der Waals surface area contributed by atoms with Crippen molar-refractivity contribution in [2.24, 2.45) is 0 Å². The minimum absolute atomic E-state index is 0.0000383. The van der Waals surface area contributed by atoms with Crippen LogP contribution in [0.2, 0.25) is 0 Å². The van der Waals surface area contributed by atoms with Crippen molar-refractivity contribution >= 4 is 11.9 Å². The van der Waals surface area contributed by atoms with E-state index in [2.05, 4.69) is 5.32 Å².